The predicted molar refractivity (Wildman–Crippen MR) is 51.0 cm³/mol. The van der Waals surface area contributed by atoms with Crippen LogP contribution in [0.15, 0.2) is 0 Å². The summed E-state index contributed by atoms with van der Waals surface area (Å²) in [4.78, 5) is 10.5. The number of fused-ring (bicyclic) bond motifs is 2. The van der Waals surface area contributed by atoms with Crippen molar-refractivity contribution in [2.24, 2.45) is 11.8 Å². The van der Waals surface area contributed by atoms with E-state index in [1.54, 1.807) is 0 Å². The van der Waals surface area contributed by atoms with E-state index < -0.39 is 6.09 Å². The number of rotatable bonds is 1. The molecule has 1 unspecified atom stereocenters. The lowest BCUT2D eigenvalue weighted by atomic mass is 9.68. The third-order valence-corrected chi connectivity index (χ3v) is 3.62. The number of aliphatic hydroxyl groups is 1. The Balaban J connectivity index is 1.97. The Morgan fingerprint density at radius 2 is 1.79 bits per heavy atom. The Morgan fingerprint density at radius 1 is 1.21 bits per heavy atom. The Hall–Kier alpha value is -0.770. The van der Waals surface area contributed by atoms with Gasteiger partial charge in [0.2, 0.25) is 0 Å². The van der Waals surface area contributed by atoms with E-state index in [9.17, 15) is 9.90 Å². The van der Waals surface area contributed by atoms with Gasteiger partial charge in [-0.15, -0.1) is 0 Å². The molecule has 2 saturated carbocycles. The molecule has 4 nitrogen and oxygen atoms in total. The van der Waals surface area contributed by atoms with Crippen molar-refractivity contribution in [3.63, 3.8) is 0 Å². The van der Waals surface area contributed by atoms with Crippen molar-refractivity contribution in [2.75, 3.05) is 0 Å². The van der Waals surface area contributed by atoms with Crippen molar-refractivity contribution in [3.05, 3.63) is 0 Å². The van der Waals surface area contributed by atoms with Gasteiger partial charge >= 0.3 is 6.09 Å². The molecule has 80 valence electrons. The van der Waals surface area contributed by atoms with E-state index in [-0.39, 0.29) is 12.1 Å². The third kappa shape index (κ3) is 1.85. The molecule has 3 N–H and O–H groups in total. The van der Waals surface area contributed by atoms with Gasteiger partial charge in [0.25, 0.3) is 0 Å². The Morgan fingerprint density at radius 3 is 2.29 bits per heavy atom. The Kier molecular flexibility index (Phi) is 2.63. The van der Waals surface area contributed by atoms with Crippen LogP contribution in [0.5, 0.6) is 0 Å². The number of carbonyl (C=O) groups is 1. The minimum absolute atomic E-state index is 0.0613. The lowest BCUT2D eigenvalue weighted by molar-refractivity contribution is -0.0244. The molecule has 2 aliphatic rings. The molecular weight excluding hydrogens is 182 g/mol. The second kappa shape index (κ2) is 3.77. The van der Waals surface area contributed by atoms with Crippen LogP contribution in [-0.4, -0.2) is 28.5 Å². The van der Waals surface area contributed by atoms with Crippen LogP contribution in [0, 0.1) is 11.8 Å². The fourth-order valence-corrected chi connectivity index (χ4v) is 3.00. The molecule has 0 aromatic carbocycles. The number of amides is 1. The zero-order valence-electron chi connectivity index (χ0n) is 8.15. The van der Waals surface area contributed by atoms with Crippen molar-refractivity contribution in [2.45, 2.75) is 44.2 Å². The molecule has 0 spiro atoms. The van der Waals surface area contributed by atoms with Gasteiger partial charge < -0.3 is 15.5 Å². The van der Waals surface area contributed by atoms with E-state index in [0.717, 1.165) is 25.7 Å². The van der Waals surface area contributed by atoms with Gasteiger partial charge in [0.1, 0.15) is 0 Å². The lowest BCUT2D eigenvalue weighted by Gasteiger charge is -2.43. The fraction of sp³-hybridized carbons (Fsp3) is 0.900. The molecule has 2 aliphatic carbocycles. The minimum atomic E-state index is -0.940. The van der Waals surface area contributed by atoms with Gasteiger partial charge in [-0.1, -0.05) is 6.42 Å². The van der Waals surface area contributed by atoms with E-state index in [4.69, 9.17) is 5.11 Å². The monoisotopic (exact) mass is 199 g/mol. The first-order valence-corrected chi connectivity index (χ1v) is 5.34. The summed E-state index contributed by atoms with van der Waals surface area (Å²) in [5, 5.41) is 21.0. The molecular formula is C10H17NO3. The SMILES string of the molecule is O=C(O)N[C@H]1C[C@H]2CCC[C@@H](C1)C2O. The van der Waals surface area contributed by atoms with E-state index in [1.165, 1.54) is 6.42 Å². The van der Waals surface area contributed by atoms with E-state index >= 15 is 0 Å². The van der Waals surface area contributed by atoms with Gasteiger partial charge in [-0.2, -0.15) is 0 Å². The molecule has 2 fully saturated rings. The Labute approximate surface area is 83.3 Å². The van der Waals surface area contributed by atoms with Crippen molar-refractivity contribution in [3.8, 4) is 0 Å². The van der Waals surface area contributed by atoms with Crippen LogP contribution in [0.2, 0.25) is 0 Å². The highest BCUT2D eigenvalue weighted by atomic mass is 16.4. The summed E-state index contributed by atoms with van der Waals surface area (Å²) in [5.41, 5.74) is 0. The maximum absolute atomic E-state index is 10.5. The van der Waals surface area contributed by atoms with Gasteiger partial charge in [-0.3, -0.25) is 0 Å². The largest absolute Gasteiger partial charge is 0.465 e. The summed E-state index contributed by atoms with van der Waals surface area (Å²) in [6.45, 7) is 0. The smallest absolute Gasteiger partial charge is 0.404 e. The molecule has 0 saturated heterocycles. The van der Waals surface area contributed by atoms with Crippen molar-refractivity contribution in [1.82, 2.24) is 5.32 Å². The minimum Gasteiger partial charge on any atom is -0.465 e. The molecule has 0 aromatic rings. The average Bonchev–Trinajstić information content (AvgIpc) is 2.05. The predicted octanol–water partition coefficient (Wildman–Crippen LogP) is 1.19. The highest BCUT2D eigenvalue weighted by Crippen LogP contribution is 2.40. The maximum Gasteiger partial charge on any atom is 0.404 e. The normalized spacial score (nSPS) is 41.8. The molecule has 0 aliphatic heterocycles. The van der Waals surface area contributed by atoms with Gasteiger partial charge in [0.15, 0.2) is 0 Å². The average molecular weight is 199 g/mol. The number of nitrogens with one attached hydrogen (secondary N) is 1. The van der Waals surface area contributed by atoms with Crippen LogP contribution in [0.3, 0.4) is 0 Å². The molecule has 0 heterocycles. The third-order valence-electron chi connectivity index (χ3n) is 3.62. The van der Waals surface area contributed by atoms with Crippen LogP contribution in [0.1, 0.15) is 32.1 Å². The van der Waals surface area contributed by atoms with E-state index in [2.05, 4.69) is 5.32 Å². The first kappa shape index (κ1) is 9.77. The van der Waals surface area contributed by atoms with Crippen molar-refractivity contribution in [1.29, 1.82) is 0 Å². The van der Waals surface area contributed by atoms with Crippen LogP contribution in [-0.2, 0) is 0 Å². The molecule has 0 aromatic heterocycles. The van der Waals surface area contributed by atoms with Crippen LogP contribution in [0.25, 0.3) is 0 Å². The molecule has 1 amide bonds. The van der Waals surface area contributed by atoms with Gasteiger partial charge in [-0.25, -0.2) is 4.79 Å². The fourth-order valence-electron chi connectivity index (χ4n) is 3.00. The van der Waals surface area contributed by atoms with Crippen LogP contribution < -0.4 is 5.32 Å². The van der Waals surface area contributed by atoms with Gasteiger partial charge in [0, 0.05) is 6.04 Å². The number of hydrogen-bond donors (Lipinski definition) is 3. The topological polar surface area (TPSA) is 69.6 Å². The van der Waals surface area contributed by atoms with Gasteiger partial charge in [0.05, 0.1) is 6.10 Å². The quantitative estimate of drug-likeness (QED) is 0.594. The summed E-state index contributed by atoms with van der Waals surface area (Å²) in [7, 11) is 0. The molecule has 0 radical (unpaired) electrons. The number of hydrogen-bond acceptors (Lipinski definition) is 2. The summed E-state index contributed by atoms with van der Waals surface area (Å²) < 4.78 is 0. The Bertz CT molecular complexity index is 217. The first-order valence-electron chi connectivity index (χ1n) is 5.34. The van der Waals surface area contributed by atoms with Crippen LogP contribution >= 0.6 is 0 Å². The summed E-state index contributed by atoms with van der Waals surface area (Å²) >= 11 is 0. The zero-order chi connectivity index (χ0) is 10.1. The van der Waals surface area contributed by atoms with Crippen molar-refractivity contribution >= 4 is 6.09 Å². The van der Waals surface area contributed by atoms with Crippen molar-refractivity contribution < 1.29 is 15.0 Å². The number of aliphatic hydroxyl groups excluding tert-OH is 1. The second-order valence-electron chi connectivity index (χ2n) is 4.56. The standard InChI is InChI=1S/C10H17NO3/c12-9-6-2-1-3-7(9)5-8(4-6)11-10(13)14/h6-9,11-12H,1-5H2,(H,13,14)/t6-,7+,8+,9?. The van der Waals surface area contributed by atoms with E-state index in [1.807, 2.05) is 0 Å². The molecule has 14 heavy (non-hydrogen) atoms. The van der Waals surface area contributed by atoms with Gasteiger partial charge in [-0.05, 0) is 37.5 Å². The molecule has 2 rings (SSSR count). The zero-order valence-corrected chi connectivity index (χ0v) is 8.15. The van der Waals surface area contributed by atoms with Crippen LogP contribution in [0.4, 0.5) is 4.79 Å². The molecule has 4 heteroatoms. The highest BCUT2D eigenvalue weighted by molar-refractivity contribution is 5.64. The van der Waals surface area contributed by atoms with E-state index in [0.29, 0.717) is 11.8 Å². The summed E-state index contributed by atoms with van der Waals surface area (Å²) in [5.74, 6) is 0.638. The second-order valence-corrected chi connectivity index (χ2v) is 4.56. The lowest BCUT2D eigenvalue weighted by Crippen LogP contribution is -2.48. The first-order chi connectivity index (χ1) is 6.66. The summed E-state index contributed by atoms with van der Waals surface area (Å²) in [6.07, 6.45) is 3.78. The molecule has 2 bridgehead atoms. The summed E-state index contributed by atoms with van der Waals surface area (Å²) in [6, 6.07) is 0.0613. The molecule has 4 atom stereocenters. The number of carboxylic acid groups (broad SMARTS) is 1. The highest BCUT2D eigenvalue weighted by Gasteiger charge is 2.39. The maximum atomic E-state index is 10.5.